The monoisotopic (exact) mass is 389 g/mol. The first-order valence-electron chi connectivity index (χ1n) is 8.87. The lowest BCUT2D eigenvalue weighted by atomic mass is 9.89. The van der Waals surface area contributed by atoms with Crippen molar-refractivity contribution in [3.63, 3.8) is 0 Å². The van der Waals surface area contributed by atoms with E-state index in [1.165, 1.54) is 0 Å². The number of carbonyl (C=O) groups excluding carboxylic acids is 1. The van der Waals surface area contributed by atoms with E-state index in [0.29, 0.717) is 22.9 Å². The van der Waals surface area contributed by atoms with Gasteiger partial charge in [0.15, 0.2) is 6.10 Å². The average Bonchev–Trinajstić information content (AvgIpc) is 2.62. The van der Waals surface area contributed by atoms with Crippen molar-refractivity contribution in [1.29, 1.82) is 0 Å². The van der Waals surface area contributed by atoms with E-state index in [-0.39, 0.29) is 11.9 Å². The molecule has 1 aliphatic heterocycles. The van der Waals surface area contributed by atoms with E-state index < -0.39 is 11.7 Å². The first-order valence-corrected chi connectivity index (χ1v) is 9.25. The van der Waals surface area contributed by atoms with E-state index in [1.807, 2.05) is 44.2 Å². The molecule has 1 amide bonds. The van der Waals surface area contributed by atoms with Crippen LogP contribution in [0, 0.1) is 0 Å². The number of halogens is 1. The van der Waals surface area contributed by atoms with Gasteiger partial charge in [-0.25, -0.2) is 0 Å². The molecule has 1 heterocycles. The summed E-state index contributed by atoms with van der Waals surface area (Å²) >= 11 is 6.11. The number of fused-ring (bicyclic) bond motifs is 1. The second-order valence-electron chi connectivity index (χ2n) is 7.22. The van der Waals surface area contributed by atoms with Crippen molar-refractivity contribution in [1.82, 2.24) is 5.32 Å². The molecule has 2 atom stereocenters. The maximum absolute atomic E-state index is 12.7. The summed E-state index contributed by atoms with van der Waals surface area (Å²) in [5.74, 6) is 1.71. The highest BCUT2D eigenvalue weighted by Crippen LogP contribution is 2.41. The lowest BCUT2D eigenvalue weighted by Gasteiger charge is -2.38. The number of carbonyl (C=O) groups is 1. The zero-order valence-electron chi connectivity index (χ0n) is 15.9. The second-order valence-corrected chi connectivity index (χ2v) is 7.63. The summed E-state index contributed by atoms with van der Waals surface area (Å²) in [6.45, 7) is 5.70. The Labute approximate surface area is 164 Å². The van der Waals surface area contributed by atoms with Gasteiger partial charge >= 0.3 is 0 Å². The van der Waals surface area contributed by atoms with Crippen molar-refractivity contribution in [2.45, 2.75) is 44.9 Å². The number of para-hydroxylation sites is 1. The van der Waals surface area contributed by atoms with Crippen LogP contribution in [0.4, 0.5) is 0 Å². The molecule has 6 heteroatoms. The summed E-state index contributed by atoms with van der Waals surface area (Å²) in [4.78, 5) is 12.7. The number of hydrogen-bond donors (Lipinski definition) is 1. The van der Waals surface area contributed by atoms with Crippen molar-refractivity contribution in [2.24, 2.45) is 0 Å². The molecule has 0 spiro atoms. The van der Waals surface area contributed by atoms with Crippen molar-refractivity contribution < 1.29 is 19.0 Å². The van der Waals surface area contributed by atoms with Gasteiger partial charge in [-0.2, -0.15) is 0 Å². The Balaban J connectivity index is 1.76. The number of hydrogen-bond acceptors (Lipinski definition) is 4. The molecule has 0 aromatic heterocycles. The van der Waals surface area contributed by atoms with E-state index >= 15 is 0 Å². The van der Waals surface area contributed by atoms with Crippen LogP contribution >= 0.6 is 11.6 Å². The van der Waals surface area contributed by atoms with Gasteiger partial charge in [-0.1, -0.05) is 23.7 Å². The summed E-state index contributed by atoms with van der Waals surface area (Å²) in [6.07, 6.45) is -0.0331. The summed E-state index contributed by atoms with van der Waals surface area (Å²) < 4.78 is 17.1. The number of methoxy groups -OCH3 is 1. The van der Waals surface area contributed by atoms with Gasteiger partial charge in [0.1, 0.15) is 22.8 Å². The van der Waals surface area contributed by atoms with Crippen LogP contribution in [-0.2, 0) is 4.79 Å². The van der Waals surface area contributed by atoms with Crippen molar-refractivity contribution >= 4 is 17.5 Å². The Morgan fingerprint density at radius 3 is 2.74 bits per heavy atom. The first-order chi connectivity index (χ1) is 12.8. The van der Waals surface area contributed by atoms with Gasteiger partial charge in [0.2, 0.25) is 0 Å². The molecule has 0 aliphatic carbocycles. The van der Waals surface area contributed by atoms with Gasteiger partial charge in [0.25, 0.3) is 5.91 Å². The Morgan fingerprint density at radius 2 is 2.04 bits per heavy atom. The van der Waals surface area contributed by atoms with Crippen LogP contribution in [0.25, 0.3) is 0 Å². The van der Waals surface area contributed by atoms with Gasteiger partial charge in [0, 0.05) is 18.1 Å². The predicted octanol–water partition coefficient (Wildman–Crippen LogP) is 4.53. The van der Waals surface area contributed by atoms with E-state index in [0.717, 1.165) is 11.3 Å². The molecule has 0 bridgehead atoms. The Hall–Kier alpha value is -2.40. The summed E-state index contributed by atoms with van der Waals surface area (Å²) in [6, 6.07) is 12.6. The number of nitrogens with one attached hydrogen (secondary N) is 1. The van der Waals surface area contributed by atoms with E-state index in [4.69, 9.17) is 25.8 Å². The topological polar surface area (TPSA) is 56.8 Å². The van der Waals surface area contributed by atoms with Crippen LogP contribution in [0.3, 0.4) is 0 Å². The standard InChI is InChI=1S/C21H24ClNO4/c1-13(26-18-8-6-5-7-16(18)22)20(24)23-17-12-21(2,3)27-19-11-14(25-4)9-10-15(17)19/h5-11,13,17H,12H2,1-4H3,(H,23,24)/t13-,17-/m0/s1. The van der Waals surface area contributed by atoms with Crippen LogP contribution in [0.15, 0.2) is 42.5 Å². The van der Waals surface area contributed by atoms with Crippen molar-refractivity contribution in [2.75, 3.05) is 7.11 Å². The molecule has 0 saturated carbocycles. The molecule has 2 aromatic carbocycles. The molecule has 2 aromatic rings. The molecule has 0 saturated heterocycles. The molecule has 0 unspecified atom stereocenters. The normalized spacial score (nSPS) is 18.6. The van der Waals surface area contributed by atoms with Crippen LogP contribution in [0.1, 0.15) is 38.8 Å². The quantitative estimate of drug-likeness (QED) is 0.815. The minimum atomic E-state index is -0.683. The smallest absolute Gasteiger partial charge is 0.261 e. The molecule has 5 nitrogen and oxygen atoms in total. The third kappa shape index (κ3) is 4.48. The lowest BCUT2D eigenvalue weighted by molar-refractivity contribution is -0.128. The molecule has 0 fully saturated rings. The Bertz CT molecular complexity index is 837. The minimum absolute atomic E-state index is 0.181. The number of amides is 1. The van der Waals surface area contributed by atoms with Crippen LogP contribution in [0.5, 0.6) is 17.2 Å². The minimum Gasteiger partial charge on any atom is -0.497 e. The molecule has 27 heavy (non-hydrogen) atoms. The predicted molar refractivity (Wildman–Crippen MR) is 105 cm³/mol. The fourth-order valence-corrected chi connectivity index (χ4v) is 3.34. The highest BCUT2D eigenvalue weighted by Gasteiger charge is 2.35. The Morgan fingerprint density at radius 1 is 1.30 bits per heavy atom. The van der Waals surface area contributed by atoms with Gasteiger partial charge in [-0.05, 0) is 45.0 Å². The fraction of sp³-hybridized carbons (Fsp3) is 0.381. The molecular weight excluding hydrogens is 366 g/mol. The third-order valence-corrected chi connectivity index (χ3v) is 4.82. The molecule has 144 valence electrons. The lowest BCUT2D eigenvalue weighted by Crippen LogP contribution is -2.44. The highest BCUT2D eigenvalue weighted by atomic mass is 35.5. The van der Waals surface area contributed by atoms with E-state index in [9.17, 15) is 4.79 Å². The van der Waals surface area contributed by atoms with Crippen LogP contribution in [0.2, 0.25) is 5.02 Å². The first kappa shape index (κ1) is 19.4. The van der Waals surface area contributed by atoms with Gasteiger partial charge in [-0.3, -0.25) is 4.79 Å². The maximum atomic E-state index is 12.7. The van der Waals surface area contributed by atoms with Crippen molar-refractivity contribution in [3.8, 4) is 17.2 Å². The molecule has 1 N–H and O–H groups in total. The Kier molecular flexibility index (Phi) is 5.51. The number of rotatable bonds is 5. The van der Waals surface area contributed by atoms with E-state index in [1.54, 1.807) is 26.2 Å². The molecule has 0 radical (unpaired) electrons. The number of ether oxygens (including phenoxy) is 3. The van der Waals surface area contributed by atoms with Crippen LogP contribution < -0.4 is 19.5 Å². The van der Waals surface area contributed by atoms with Gasteiger partial charge in [-0.15, -0.1) is 0 Å². The third-order valence-electron chi connectivity index (χ3n) is 4.50. The largest absolute Gasteiger partial charge is 0.497 e. The molecule has 1 aliphatic rings. The SMILES string of the molecule is COc1ccc2c(c1)OC(C)(C)C[C@@H]2NC(=O)[C@H](C)Oc1ccccc1Cl. The summed E-state index contributed by atoms with van der Waals surface area (Å²) in [5, 5.41) is 3.55. The highest BCUT2D eigenvalue weighted by molar-refractivity contribution is 6.32. The van der Waals surface area contributed by atoms with Gasteiger partial charge in [0.05, 0.1) is 18.2 Å². The molecule has 3 rings (SSSR count). The molecular formula is C21H24ClNO4. The maximum Gasteiger partial charge on any atom is 0.261 e. The number of benzene rings is 2. The fourth-order valence-electron chi connectivity index (χ4n) is 3.16. The second kappa shape index (κ2) is 7.69. The van der Waals surface area contributed by atoms with Gasteiger partial charge < -0.3 is 19.5 Å². The summed E-state index contributed by atoms with van der Waals surface area (Å²) in [5.41, 5.74) is 0.512. The average molecular weight is 390 g/mol. The summed E-state index contributed by atoms with van der Waals surface area (Å²) in [7, 11) is 1.61. The zero-order valence-corrected chi connectivity index (χ0v) is 16.7. The van der Waals surface area contributed by atoms with Crippen LogP contribution in [-0.4, -0.2) is 24.7 Å². The zero-order chi connectivity index (χ0) is 19.6. The van der Waals surface area contributed by atoms with E-state index in [2.05, 4.69) is 5.32 Å². The van der Waals surface area contributed by atoms with Crippen molar-refractivity contribution in [3.05, 3.63) is 53.1 Å².